The maximum atomic E-state index is 13.5. The van der Waals surface area contributed by atoms with Crippen LogP contribution in [0.25, 0.3) is 0 Å². The number of carbonyl (C=O) groups excluding carboxylic acids is 2. The average Bonchev–Trinajstić information content (AvgIpc) is 3.32. The molecule has 0 spiro atoms. The number of ether oxygens (including phenoxy) is 1. The fraction of sp³-hybridized carbons (Fsp3) is 0.308. The number of fused-ring (bicyclic) bond motifs is 1. The summed E-state index contributed by atoms with van der Waals surface area (Å²) in [4.78, 5) is 31.3. The van der Waals surface area contributed by atoms with Crippen molar-refractivity contribution in [3.05, 3.63) is 86.3 Å². The molecule has 0 unspecified atom stereocenters. The highest BCUT2D eigenvalue weighted by molar-refractivity contribution is 9.10. The standard InChI is InChI=1S/C26H26BrFN2O3S/c1-2-12-29(26(32)18-4-3-5-19(27)15-18)16-25(31)30-13-10-24-22(11-14-34-24)23(30)17-33-21-8-6-20(28)7-9-21/h3-9,11,14-15,23H,2,10,12-13,16-17H2,1H3/t23-/m1/s1. The molecule has 2 amide bonds. The largest absolute Gasteiger partial charge is 0.491 e. The quantitative estimate of drug-likeness (QED) is 0.365. The summed E-state index contributed by atoms with van der Waals surface area (Å²) in [6, 6.07) is 14.9. The first-order chi connectivity index (χ1) is 16.5. The third-order valence-corrected chi connectivity index (χ3v) is 7.30. The van der Waals surface area contributed by atoms with Crippen LogP contribution in [0.2, 0.25) is 0 Å². The van der Waals surface area contributed by atoms with Crippen molar-refractivity contribution in [1.29, 1.82) is 0 Å². The van der Waals surface area contributed by atoms with Crippen molar-refractivity contribution in [2.45, 2.75) is 25.8 Å². The number of nitrogens with zero attached hydrogens (tertiary/aromatic N) is 2. The van der Waals surface area contributed by atoms with Crippen LogP contribution >= 0.6 is 27.3 Å². The molecule has 1 aliphatic heterocycles. The highest BCUT2D eigenvalue weighted by atomic mass is 79.9. The van der Waals surface area contributed by atoms with Gasteiger partial charge in [0.1, 0.15) is 24.7 Å². The van der Waals surface area contributed by atoms with E-state index >= 15 is 0 Å². The Kier molecular flexibility index (Phi) is 8.00. The molecule has 1 aliphatic rings. The number of amides is 2. The lowest BCUT2D eigenvalue weighted by molar-refractivity contribution is -0.135. The van der Waals surface area contributed by atoms with Crippen LogP contribution in [0.4, 0.5) is 4.39 Å². The zero-order valence-electron chi connectivity index (χ0n) is 18.9. The lowest BCUT2D eigenvalue weighted by Crippen LogP contribution is -2.48. The Bertz CT molecular complexity index is 1150. The fourth-order valence-corrected chi connectivity index (χ4v) is 5.49. The molecule has 2 heterocycles. The first-order valence-corrected chi connectivity index (χ1v) is 12.9. The van der Waals surface area contributed by atoms with Gasteiger partial charge in [-0.25, -0.2) is 4.39 Å². The van der Waals surface area contributed by atoms with E-state index in [2.05, 4.69) is 15.9 Å². The summed E-state index contributed by atoms with van der Waals surface area (Å²) in [5.41, 5.74) is 1.62. The number of rotatable bonds is 8. The van der Waals surface area contributed by atoms with E-state index in [1.165, 1.54) is 17.0 Å². The smallest absolute Gasteiger partial charge is 0.254 e. The summed E-state index contributed by atoms with van der Waals surface area (Å²) < 4.78 is 20.0. The topological polar surface area (TPSA) is 49.9 Å². The Morgan fingerprint density at radius 1 is 1.21 bits per heavy atom. The van der Waals surface area contributed by atoms with Crippen LogP contribution in [0.5, 0.6) is 5.75 Å². The van der Waals surface area contributed by atoms with Crippen molar-refractivity contribution >= 4 is 39.1 Å². The van der Waals surface area contributed by atoms with E-state index in [0.717, 1.165) is 22.9 Å². The minimum absolute atomic E-state index is 0.00566. The zero-order chi connectivity index (χ0) is 24.1. The van der Waals surface area contributed by atoms with Crippen molar-refractivity contribution in [1.82, 2.24) is 9.80 Å². The molecule has 178 valence electrons. The molecule has 2 aromatic carbocycles. The number of halogens is 2. The molecule has 0 aliphatic carbocycles. The van der Waals surface area contributed by atoms with Crippen LogP contribution in [-0.2, 0) is 11.2 Å². The van der Waals surface area contributed by atoms with E-state index in [0.29, 0.717) is 24.4 Å². The number of benzene rings is 2. The van der Waals surface area contributed by atoms with E-state index in [1.807, 2.05) is 35.4 Å². The number of carbonyl (C=O) groups is 2. The summed E-state index contributed by atoms with van der Waals surface area (Å²) in [7, 11) is 0. The van der Waals surface area contributed by atoms with Crippen LogP contribution in [0.3, 0.4) is 0 Å². The van der Waals surface area contributed by atoms with Gasteiger partial charge in [0.2, 0.25) is 5.91 Å². The molecule has 34 heavy (non-hydrogen) atoms. The van der Waals surface area contributed by atoms with Gasteiger partial charge in [-0.15, -0.1) is 11.3 Å². The molecular formula is C26H26BrFN2O3S. The van der Waals surface area contributed by atoms with E-state index in [4.69, 9.17) is 4.74 Å². The molecule has 3 aromatic rings. The Morgan fingerprint density at radius 3 is 2.74 bits per heavy atom. The molecule has 1 aromatic heterocycles. The highest BCUT2D eigenvalue weighted by Gasteiger charge is 2.33. The van der Waals surface area contributed by atoms with Crippen LogP contribution in [-0.4, -0.2) is 47.9 Å². The molecule has 8 heteroatoms. The molecule has 1 atom stereocenters. The predicted octanol–water partition coefficient (Wildman–Crippen LogP) is 5.71. The second-order valence-electron chi connectivity index (χ2n) is 8.15. The first kappa shape index (κ1) is 24.4. The second kappa shape index (κ2) is 11.1. The molecule has 0 N–H and O–H groups in total. The highest BCUT2D eigenvalue weighted by Crippen LogP contribution is 2.34. The summed E-state index contributed by atoms with van der Waals surface area (Å²) in [6.45, 7) is 3.31. The molecule has 0 saturated heterocycles. The molecular weight excluding hydrogens is 519 g/mol. The number of hydrogen-bond acceptors (Lipinski definition) is 4. The van der Waals surface area contributed by atoms with Crippen molar-refractivity contribution in [2.75, 3.05) is 26.2 Å². The van der Waals surface area contributed by atoms with E-state index in [9.17, 15) is 14.0 Å². The Labute approximate surface area is 211 Å². The number of hydrogen-bond donors (Lipinski definition) is 0. The van der Waals surface area contributed by atoms with Crippen molar-refractivity contribution in [3.63, 3.8) is 0 Å². The van der Waals surface area contributed by atoms with Gasteiger partial charge in [-0.1, -0.05) is 28.9 Å². The number of thiophene rings is 1. The SMILES string of the molecule is CCCN(CC(=O)N1CCc2sccc2[C@H]1COc1ccc(F)cc1)C(=O)c1cccc(Br)c1. The maximum absolute atomic E-state index is 13.5. The van der Waals surface area contributed by atoms with Gasteiger partial charge in [0.15, 0.2) is 0 Å². The van der Waals surface area contributed by atoms with Gasteiger partial charge in [0.25, 0.3) is 5.91 Å². The normalized spacial score (nSPS) is 15.0. The summed E-state index contributed by atoms with van der Waals surface area (Å²) in [6.07, 6.45) is 1.53. The second-order valence-corrected chi connectivity index (χ2v) is 10.1. The molecule has 0 bridgehead atoms. The van der Waals surface area contributed by atoms with Crippen LogP contribution in [0.1, 0.15) is 40.2 Å². The van der Waals surface area contributed by atoms with Gasteiger partial charge >= 0.3 is 0 Å². The fourth-order valence-electron chi connectivity index (χ4n) is 4.16. The van der Waals surface area contributed by atoms with Crippen molar-refractivity contribution < 1.29 is 18.7 Å². The maximum Gasteiger partial charge on any atom is 0.254 e. The van der Waals surface area contributed by atoms with Crippen LogP contribution < -0.4 is 4.74 Å². The van der Waals surface area contributed by atoms with Gasteiger partial charge < -0.3 is 14.5 Å². The Hall–Kier alpha value is -2.71. The third-order valence-electron chi connectivity index (χ3n) is 5.82. The van der Waals surface area contributed by atoms with E-state index < -0.39 is 0 Å². The summed E-state index contributed by atoms with van der Waals surface area (Å²) in [5, 5.41) is 2.03. The minimum atomic E-state index is -0.326. The Morgan fingerprint density at radius 2 is 2.00 bits per heavy atom. The minimum Gasteiger partial charge on any atom is -0.491 e. The lowest BCUT2D eigenvalue weighted by Gasteiger charge is -2.37. The Balaban J connectivity index is 1.51. The lowest BCUT2D eigenvalue weighted by atomic mass is 10.0. The van der Waals surface area contributed by atoms with Crippen LogP contribution in [0.15, 0.2) is 64.5 Å². The molecule has 0 fully saturated rings. The van der Waals surface area contributed by atoms with Gasteiger partial charge in [0.05, 0.1) is 6.04 Å². The first-order valence-electron chi connectivity index (χ1n) is 11.2. The van der Waals surface area contributed by atoms with Crippen LogP contribution in [0, 0.1) is 5.82 Å². The average molecular weight is 545 g/mol. The summed E-state index contributed by atoms with van der Waals surface area (Å²) in [5.74, 6) is -0.0492. The summed E-state index contributed by atoms with van der Waals surface area (Å²) >= 11 is 5.09. The van der Waals surface area contributed by atoms with Gasteiger partial charge in [0, 0.05) is 28.0 Å². The van der Waals surface area contributed by atoms with E-state index in [-0.39, 0.29) is 36.8 Å². The van der Waals surface area contributed by atoms with Gasteiger partial charge in [-0.2, -0.15) is 0 Å². The zero-order valence-corrected chi connectivity index (χ0v) is 21.3. The monoisotopic (exact) mass is 544 g/mol. The van der Waals surface area contributed by atoms with Gasteiger partial charge in [-0.05, 0) is 72.3 Å². The molecule has 5 nitrogen and oxygen atoms in total. The predicted molar refractivity (Wildman–Crippen MR) is 135 cm³/mol. The molecule has 4 rings (SSSR count). The van der Waals surface area contributed by atoms with Gasteiger partial charge in [-0.3, -0.25) is 9.59 Å². The van der Waals surface area contributed by atoms with Crippen molar-refractivity contribution in [3.8, 4) is 5.75 Å². The third kappa shape index (κ3) is 5.67. The van der Waals surface area contributed by atoms with Crippen molar-refractivity contribution in [2.24, 2.45) is 0 Å². The van der Waals surface area contributed by atoms with E-state index in [1.54, 1.807) is 40.5 Å². The molecule has 0 saturated carbocycles. The molecule has 0 radical (unpaired) electrons.